The van der Waals surface area contributed by atoms with Crippen LogP contribution in [0.5, 0.6) is 0 Å². The summed E-state index contributed by atoms with van der Waals surface area (Å²) in [6.45, 7) is 4.91. The van der Waals surface area contributed by atoms with Crippen LogP contribution in [-0.2, 0) is 11.3 Å². The normalized spacial score (nSPS) is 16.2. The lowest BCUT2D eigenvalue weighted by Gasteiger charge is -2.30. The maximum atomic E-state index is 12.3. The van der Waals surface area contributed by atoms with Crippen molar-refractivity contribution in [3.63, 3.8) is 0 Å². The Balaban J connectivity index is 1.43. The van der Waals surface area contributed by atoms with Gasteiger partial charge in [0.2, 0.25) is 5.91 Å². The van der Waals surface area contributed by atoms with Crippen LogP contribution in [-0.4, -0.2) is 30.1 Å². The molecule has 0 aromatic heterocycles. The quantitative estimate of drug-likeness (QED) is 0.673. The highest BCUT2D eigenvalue weighted by Crippen LogP contribution is 2.19. The molecule has 0 unspecified atom stereocenters. The molecule has 0 spiro atoms. The van der Waals surface area contributed by atoms with Crippen LogP contribution < -0.4 is 5.43 Å². The van der Waals surface area contributed by atoms with Gasteiger partial charge in [0.05, 0.1) is 6.21 Å². The van der Waals surface area contributed by atoms with Crippen LogP contribution in [0.4, 0.5) is 0 Å². The zero-order valence-corrected chi connectivity index (χ0v) is 14.7. The molecular weight excluding hydrogens is 310 g/mol. The first-order chi connectivity index (χ1) is 12.2. The van der Waals surface area contributed by atoms with Crippen molar-refractivity contribution in [2.75, 3.05) is 13.1 Å². The molecule has 1 fully saturated rings. The van der Waals surface area contributed by atoms with Crippen molar-refractivity contribution in [1.82, 2.24) is 10.3 Å². The van der Waals surface area contributed by atoms with E-state index < -0.39 is 0 Å². The van der Waals surface area contributed by atoms with E-state index in [1.165, 1.54) is 11.1 Å². The summed E-state index contributed by atoms with van der Waals surface area (Å²) in [7, 11) is 0. The number of nitrogens with zero attached hydrogens (tertiary/aromatic N) is 2. The average Bonchev–Trinajstić information content (AvgIpc) is 2.65. The van der Waals surface area contributed by atoms with E-state index in [2.05, 4.69) is 39.7 Å². The minimum Gasteiger partial charge on any atom is -0.299 e. The van der Waals surface area contributed by atoms with Gasteiger partial charge in [0, 0.05) is 12.5 Å². The van der Waals surface area contributed by atoms with Gasteiger partial charge in [-0.25, -0.2) is 5.43 Å². The smallest absolute Gasteiger partial charge is 0.243 e. The fraction of sp³-hybridized carbons (Fsp3) is 0.333. The van der Waals surface area contributed by atoms with Gasteiger partial charge in [0.25, 0.3) is 0 Å². The molecule has 0 saturated carbocycles. The molecule has 4 nitrogen and oxygen atoms in total. The van der Waals surface area contributed by atoms with Crippen molar-refractivity contribution in [3.05, 3.63) is 71.3 Å². The van der Waals surface area contributed by atoms with Gasteiger partial charge < -0.3 is 0 Å². The van der Waals surface area contributed by atoms with E-state index in [9.17, 15) is 4.79 Å². The van der Waals surface area contributed by atoms with Gasteiger partial charge in [-0.15, -0.1) is 0 Å². The number of hydrogen-bond acceptors (Lipinski definition) is 3. The van der Waals surface area contributed by atoms with Crippen LogP contribution in [0.3, 0.4) is 0 Å². The number of likely N-dealkylation sites (tertiary alicyclic amines) is 1. The van der Waals surface area contributed by atoms with E-state index in [1.807, 2.05) is 37.3 Å². The fourth-order valence-corrected chi connectivity index (χ4v) is 3.11. The first kappa shape index (κ1) is 17.4. The standard InChI is InChI=1S/C21H25N3O/c1-17-7-9-18(10-8-17)15-22-23-21(25)20-11-13-24(14-12-20)16-19-5-3-2-4-6-19/h2-10,15,20H,11-14,16H2,1H3,(H,23,25)/b22-15-. The molecule has 4 heteroatoms. The van der Waals surface area contributed by atoms with Crippen LogP contribution in [0.1, 0.15) is 29.5 Å². The molecule has 0 aliphatic carbocycles. The Kier molecular flexibility index (Phi) is 5.96. The molecule has 0 bridgehead atoms. The third-order valence-corrected chi connectivity index (χ3v) is 4.67. The molecule has 1 N–H and O–H groups in total. The number of hydrazone groups is 1. The predicted molar refractivity (Wildman–Crippen MR) is 101 cm³/mol. The van der Waals surface area contributed by atoms with Gasteiger partial charge in [0.1, 0.15) is 0 Å². The first-order valence-corrected chi connectivity index (χ1v) is 8.86. The summed E-state index contributed by atoms with van der Waals surface area (Å²) < 4.78 is 0. The Morgan fingerprint density at radius 1 is 1.12 bits per heavy atom. The molecule has 25 heavy (non-hydrogen) atoms. The molecule has 1 aliphatic rings. The van der Waals surface area contributed by atoms with E-state index in [0.29, 0.717) is 0 Å². The molecule has 0 radical (unpaired) electrons. The summed E-state index contributed by atoms with van der Waals surface area (Å²) in [5.41, 5.74) is 6.22. The lowest BCUT2D eigenvalue weighted by atomic mass is 9.96. The second kappa shape index (κ2) is 8.58. The summed E-state index contributed by atoms with van der Waals surface area (Å²) in [6, 6.07) is 18.5. The Morgan fingerprint density at radius 3 is 2.48 bits per heavy atom. The monoisotopic (exact) mass is 335 g/mol. The van der Waals surface area contributed by atoms with Crippen molar-refractivity contribution in [1.29, 1.82) is 0 Å². The first-order valence-electron chi connectivity index (χ1n) is 8.86. The second-order valence-corrected chi connectivity index (χ2v) is 6.68. The number of piperidine rings is 1. The number of benzene rings is 2. The summed E-state index contributed by atoms with van der Waals surface area (Å²) in [5, 5.41) is 4.10. The van der Waals surface area contributed by atoms with Crippen LogP contribution in [0.15, 0.2) is 59.7 Å². The topological polar surface area (TPSA) is 44.7 Å². The summed E-state index contributed by atoms with van der Waals surface area (Å²) >= 11 is 0. The van der Waals surface area contributed by atoms with E-state index in [0.717, 1.165) is 38.0 Å². The van der Waals surface area contributed by atoms with Crippen LogP contribution in [0, 0.1) is 12.8 Å². The van der Waals surface area contributed by atoms with E-state index in [1.54, 1.807) is 6.21 Å². The lowest BCUT2D eigenvalue weighted by molar-refractivity contribution is -0.126. The molecule has 130 valence electrons. The third kappa shape index (κ3) is 5.26. The number of nitrogens with one attached hydrogen (secondary N) is 1. The fourth-order valence-electron chi connectivity index (χ4n) is 3.11. The molecule has 1 aliphatic heterocycles. The molecule has 1 amide bonds. The Labute approximate surface area is 149 Å². The van der Waals surface area contributed by atoms with E-state index in [4.69, 9.17) is 0 Å². The van der Waals surface area contributed by atoms with E-state index in [-0.39, 0.29) is 11.8 Å². The highest BCUT2D eigenvalue weighted by molar-refractivity contribution is 5.83. The average molecular weight is 335 g/mol. The highest BCUT2D eigenvalue weighted by atomic mass is 16.2. The van der Waals surface area contributed by atoms with E-state index >= 15 is 0 Å². The van der Waals surface area contributed by atoms with Crippen LogP contribution >= 0.6 is 0 Å². The van der Waals surface area contributed by atoms with Gasteiger partial charge in [-0.05, 0) is 44.0 Å². The number of aryl methyl sites for hydroxylation is 1. The minimum atomic E-state index is 0.0303. The zero-order valence-electron chi connectivity index (χ0n) is 14.7. The predicted octanol–water partition coefficient (Wildman–Crippen LogP) is 3.36. The summed E-state index contributed by atoms with van der Waals surface area (Å²) in [6.07, 6.45) is 3.47. The SMILES string of the molecule is Cc1ccc(/C=N\NC(=O)C2CCN(Cc3ccccc3)CC2)cc1. The maximum absolute atomic E-state index is 12.3. The van der Waals surface area contributed by atoms with Gasteiger partial charge in [-0.3, -0.25) is 9.69 Å². The van der Waals surface area contributed by atoms with Crippen molar-refractivity contribution in [3.8, 4) is 0 Å². The van der Waals surface area contributed by atoms with Crippen molar-refractivity contribution in [2.45, 2.75) is 26.3 Å². The molecule has 3 rings (SSSR count). The summed E-state index contributed by atoms with van der Waals surface area (Å²) in [5.74, 6) is 0.0879. The molecule has 2 aromatic carbocycles. The van der Waals surface area contributed by atoms with Crippen molar-refractivity contribution < 1.29 is 4.79 Å². The Bertz CT molecular complexity index is 702. The maximum Gasteiger partial charge on any atom is 0.243 e. The Hall–Kier alpha value is -2.46. The number of carbonyl (C=O) groups is 1. The molecule has 1 heterocycles. The van der Waals surface area contributed by atoms with Gasteiger partial charge in [-0.1, -0.05) is 60.2 Å². The molecule has 0 atom stereocenters. The largest absolute Gasteiger partial charge is 0.299 e. The zero-order chi connectivity index (χ0) is 17.5. The minimum absolute atomic E-state index is 0.0303. The molecule has 2 aromatic rings. The van der Waals surface area contributed by atoms with Crippen molar-refractivity contribution in [2.24, 2.45) is 11.0 Å². The van der Waals surface area contributed by atoms with Crippen LogP contribution in [0.2, 0.25) is 0 Å². The van der Waals surface area contributed by atoms with Crippen LogP contribution in [0.25, 0.3) is 0 Å². The Morgan fingerprint density at radius 2 is 1.80 bits per heavy atom. The number of carbonyl (C=O) groups excluding carboxylic acids is 1. The number of amides is 1. The summed E-state index contributed by atoms with van der Waals surface area (Å²) in [4.78, 5) is 14.7. The number of hydrogen-bond donors (Lipinski definition) is 1. The molecule has 1 saturated heterocycles. The lowest BCUT2D eigenvalue weighted by Crippen LogP contribution is -2.39. The molecular formula is C21H25N3O. The van der Waals surface area contributed by atoms with Crippen molar-refractivity contribution >= 4 is 12.1 Å². The number of rotatable bonds is 5. The third-order valence-electron chi connectivity index (χ3n) is 4.67. The highest BCUT2D eigenvalue weighted by Gasteiger charge is 2.24. The van der Waals surface area contributed by atoms with Gasteiger partial charge in [-0.2, -0.15) is 5.10 Å². The van der Waals surface area contributed by atoms with Gasteiger partial charge >= 0.3 is 0 Å². The second-order valence-electron chi connectivity index (χ2n) is 6.68. The van der Waals surface area contributed by atoms with Gasteiger partial charge in [0.15, 0.2) is 0 Å².